The lowest BCUT2D eigenvalue weighted by Crippen LogP contribution is -2.19. The number of fused-ring (bicyclic) bond motifs is 1. The summed E-state index contributed by atoms with van der Waals surface area (Å²) in [5.74, 6) is -0.245. The Labute approximate surface area is 115 Å². The third-order valence-corrected chi connectivity index (χ3v) is 3.74. The van der Waals surface area contributed by atoms with Gasteiger partial charge in [0, 0.05) is 18.5 Å². The van der Waals surface area contributed by atoms with E-state index in [1.54, 1.807) is 24.3 Å². The second-order valence-corrected chi connectivity index (χ2v) is 5.07. The van der Waals surface area contributed by atoms with Crippen molar-refractivity contribution in [2.45, 2.75) is 12.8 Å². The van der Waals surface area contributed by atoms with Crippen molar-refractivity contribution in [3.8, 4) is 0 Å². The van der Waals surface area contributed by atoms with Gasteiger partial charge in [0.1, 0.15) is 5.82 Å². The number of para-hydroxylation sites is 1. The summed E-state index contributed by atoms with van der Waals surface area (Å²) >= 11 is 6.14. The summed E-state index contributed by atoms with van der Waals surface area (Å²) in [7, 11) is 0. The molecular weight excluding hydrogens is 264 g/mol. The molecule has 0 atom stereocenters. The van der Waals surface area contributed by atoms with Crippen LogP contribution in [0, 0.1) is 0 Å². The van der Waals surface area contributed by atoms with Gasteiger partial charge in [0.2, 0.25) is 0 Å². The van der Waals surface area contributed by atoms with Crippen LogP contribution in [0.25, 0.3) is 10.9 Å². The number of carboxylic acids is 1. The van der Waals surface area contributed by atoms with Crippen molar-refractivity contribution >= 4 is 34.3 Å². The molecule has 1 N–H and O–H groups in total. The smallest absolute Gasteiger partial charge is 0.336 e. The van der Waals surface area contributed by atoms with Gasteiger partial charge in [-0.05, 0) is 25.0 Å². The van der Waals surface area contributed by atoms with E-state index in [9.17, 15) is 9.90 Å². The number of carbonyl (C=O) groups is 1. The van der Waals surface area contributed by atoms with Crippen molar-refractivity contribution in [2.75, 3.05) is 18.0 Å². The molecule has 0 amide bonds. The fourth-order valence-electron chi connectivity index (χ4n) is 2.49. The van der Waals surface area contributed by atoms with E-state index in [0.717, 1.165) is 25.9 Å². The first-order valence-corrected chi connectivity index (χ1v) is 6.62. The van der Waals surface area contributed by atoms with E-state index in [1.165, 1.54) is 0 Å². The largest absolute Gasteiger partial charge is 0.478 e. The van der Waals surface area contributed by atoms with Crippen molar-refractivity contribution in [2.24, 2.45) is 0 Å². The molecule has 0 saturated carbocycles. The van der Waals surface area contributed by atoms with Gasteiger partial charge in [0.15, 0.2) is 0 Å². The summed E-state index contributed by atoms with van der Waals surface area (Å²) in [6.07, 6.45) is 2.23. The molecule has 1 saturated heterocycles. The van der Waals surface area contributed by atoms with Crippen LogP contribution in [0.5, 0.6) is 0 Å². The maximum atomic E-state index is 11.4. The molecule has 1 aromatic carbocycles. The molecule has 3 rings (SSSR count). The maximum Gasteiger partial charge on any atom is 0.336 e. The van der Waals surface area contributed by atoms with E-state index in [2.05, 4.69) is 9.88 Å². The van der Waals surface area contributed by atoms with E-state index in [1.807, 2.05) is 0 Å². The van der Waals surface area contributed by atoms with Crippen molar-refractivity contribution < 1.29 is 9.90 Å². The molecule has 19 heavy (non-hydrogen) atoms. The molecule has 5 heteroatoms. The number of rotatable bonds is 2. The second kappa shape index (κ2) is 4.70. The molecule has 98 valence electrons. The Kier molecular flexibility index (Phi) is 3.03. The molecule has 2 heterocycles. The first-order valence-electron chi connectivity index (χ1n) is 6.24. The number of pyridine rings is 1. The van der Waals surface area contributed by atoms with Gasteiger partial charge in [-0.1, -0.05) is 23.7 Å². The fraction of sp³-hybridized carbons (Fsp3) is 0.286. The molecule has 1 aliphatic heterocycles. The van der Waals surface area contributed by atoms with Crippen LogP contribution in [0.1, 0.15) is 23.2 Å². The molecule has 0 aliphatic carbocycles. The highest BCUT2D eigenvalue weighted by molar-refractivity contribution is 6.35. The zero-order chi connectivity index (χ0) is 13.4. The van der Waals surface area contributed by atoms with E-state index in [4.69, 9.17) is 11.6 Å². The molecule has 1 aliphatic rings. The standard InChI is InChI=1S/C14H13ClN2O2/c15-11-5-3-4-9-10(14(18)19)8-12(16-13(9)11)17-6-1-2-7-17/h3-5,8H,1-2,6-7H2,(H,18,19). The van der Waals surface area contributed by atoms with Gasteiger partial charge >= 0.3 is 5.97 Å². The Hall–Kier alpha value is -1.81. The van der Waals surface area contributed by atoms with Crippen molar-refractivity contribution in [3.63, 3.8) is 0 Å². The van der Waals surface area contributed by atoms with Gasteiger partial charge in [-0.25, -0.2) is 9.78 Å². The van der Waals surface area contributed by atoms with Crippen molar-refractivity contribution in [3.05, 3.63) is 34.9 Å². The van der Waals surface area contributed by atoms with Crippen LogP contribution in [0.4, 0.5) is 5.82 Å². The molecule has 0 radical (unpaired) electrons. The number of hydrogen-bond donors (Lipinski definition) is 1. The summed E-state index contributed by atoms with van der Waals surface area (Å²) in [4.78, 5) is 18.0. The van der Waals surface area contributed by atoms with Crippen LogP contribution in [0.3, 0.4) is 0 Å². The van der Waals surface area contributed by atoms with Gasteiger partial charge in [-0.3, -0.25) is 0 Å². The zero-order valence-corrected chi connectivity index (χ0v) is 11.0. The third kappa shape index (κ3) is 2.12. The lowest BCUT2D eigenvalue weighted by Gasteiger charge is -2.18. The predicted molar refractivity (Wildman–Crippen MR) is 75.2 cm³/mol. The van der Waals surface area contributed by atoms with E-state index < -0.39 is 5.97 Å². The Morgan fingerprint density at radius 2 is 2.05 bits per heavy atom. The number of halogens is 1. The van der Waals surface area contributed by atoms with Crippen LogP contribution in [0.2, 0.25) is 5.02 Å². The highest BCUT2D eigenvalue weighted by Crippen LogP contribution is 2.29. The number of hydrogen-bond acceptors (Lipinski definition) is 3. The van der Waals surface area contributed by atoms with E-state index in [0.29, 0.717) is 21.7 Å². The average molecular weight is 277 g/mol. The molecule has 1 fully saturated rings. The van der Waals surface area contributed by atoms with Crippen LogP contribution in [-0.4, -0.2) is 29.1 Å². The van der Waals surface area contributed by atoms with Gasteiger partial charge < -0.3 is 10.0 Å². The minimum Gasteiger partial charge on any atom is -0.478 e. The van der Waals surface area contributed by atoms with Crippen LogP contribution in [-0.2, 0) is 0 Å². The predicted octanol–water partition coefficient (Wildman–Crippen LogP) is 3.19. The first-order chi connectivity index (χ1) is 9.16. The summed E-state index contributed by atoms with van der Waals surface area (Å²) in [5.41, 5.74) is 0.820. The summed E-state index contributed by atoms with van der Waals surface area (Å²) in [5, 5.41) is 10.4. The number of anilines is 1. The van der Waals surface area contributed by atoms with Crippen LogP contribution >= 0.6 is 11.6 Å². The molecule has 4 nitrogen and oxygen atoms in total. The number of nitrogens with zero attached hydrogens (tertiary/aromatic N) is 2. The van der Waals surface area contributed by atoms with E-state index in [-0.39, 0.29) is 5.56 Å². The summed E-state index contributed by atoms with van der Waals surface area (Å²) in [6, 6.07) is 6.86. The van der Waals surface area contributed by atoms with Gasteiger partial charge in [-0.2, -0.15) is 0 Å². The third-order valence-electron chi connectivity index (χ3n) is 3.44. The molecule has 0 bridgehead atoms. The monoisotopic (exact) mass is 276 g/mol. The Bertz CT molecular complexity index is 651. The Morgan fingerprint density at radius 3 is 2.74 bits per heavy atom. The molecular formula is C14H13ClN2O2. The fourth-order valence-corrected chi connectivity index (χ4v) is 2.70. The van der Waals surface area contributed by atoms with Crippen LogP contribution < -0.4 is 4.90 Å². The molecule has 0 spiro atoms. The average Bonchev–Trinajstić information content (AvgIpc) is 2.92. The number of benzene rings is 1. The Morgan fingerprint density at radius 1 is 1.32 bits per heavy atom. The van der Waals surface area contributed by atoms with Crippen molar-refractivity contribution in [1.29, 1.82) is 0 Å². The highest BCUT2D eigenvalue weighted by atomic mass is 35.5. The Balaban J connectivity index is 2.25. The highest BCUT2D eigenvalue weighted by Gasteiger charge is 2.19. The SMILES string of the molecule is O=C(O)c1cc(N2CCCC2)nc2c(Cl)cccc12. The topological polar surface area (TPSA) is 53.4 Å². The lowest BCUT2D eigenvalue weighted by atomic mass is 10.1. The lowest BCUT2D eigenvalue weighted by molar-refractivity contribution is 0.0699. The maximum absolute atomic E-state index is 11.4. The summed E-state index contributed by atoms with van der Waals surface area (Å²) < 4.78 is 0. The van der Waals surface area contributed by atoms with Crippen molar-refractivity contribution in [1.82, 2.24) is 4.98 Å². The minimum atomic E-state index is -0.949. The quantitative estimate of drug-likeness (QED) is 0.915. The molecule has 2 aromatic rings. The number of aromatic nitrogens is 1. The first kappa shape index (κ1) is 12.2. The van der Waals surface area contributed by atoms with Gasteiger partial charge in [0.05, 0.1) is 16.1 Å². The molecule has 1 aromatic heterocycles. The van der Waals surface area contributed by atoms with Crippen LogP contribution in [0.15, 0.2) is 24.3 Å². The number of carboxylic acid groups (broad SMARTS) is 1. The van der Waals surface area contributed by atoms with Gasteiger partial charge in [0.25, 0.3) is 0 Å². The summed E-state index contributed by atoms with van der Waals surface area (Å²) in [6.45, 7) is 1.84. The zero-order valence-electron chi connectivity index (χ0n) is 10.3. The number of aromatic carboxylic acids is 1. The van der Waals surface area contributed by atoms with Gasteiger partial charge in [-0.15, -0.1) is 0 Å². The van der Waals surface area contributed by atoms with E-state index >= 15 is 0 Å². The normalized spacial score (nSPS) is 15.1. The molecule has 0 unspecified atom stereocenters. The minimum absolute atomic E-state index is 0.259. The second-order valence-electron chi connectivity index (χ2n) is 4.66.